The van der Waals surface area contributed by atoms with Crippen LogP contribution in [0.3, 0.4) is 0 Å². The van der Waals surface area contributed by atoms with E-state index in [-0.39, 0.29) is 21.4 Å². The zero-order valence-corrected chi connectivity index (χ0v) is 15.9. The zero-order valence-electron chi connectivity index (χ0n) is 14.3. The minimum atomic E-state index is -3.60. The Morgan fingerprint density at radius 1 is 1.42 bits per heavy atom. The Labute approximate surface area is 148 Å². The van der Waals surface area contributed by atoms with Gasteiger partial charge < -0.3 is 10.2 Å². The molecule has 0 aromatic heterocycles. The molecule has 1 heterocycles. The van der Waals surface area contributed by atoms with Crippen molar-refractivity contribution in [2.75, 3.05) is 33.7 Å². The van der Waals surface area contributed by atoms with Crippen LogP contribution in [0.25, 0.3) is 0 Å². The second kappa shape index (κ2) is 7.82. The summed E-state index contributed by atoms with van der Waals surface area (Å²) in [6.07, 6.45) is 2.26. The van der Waals surface area contributed by atoms with E-state index >= 15 is 0 Å². The molecule has 1 aromatic rings. The van der Waals surface area contributed by atoms with Gasteiger partial charge in [0.15, 0.2) is 0 Å². The van der Waals surface area contributed by atoms with E-state index in [9.17, 15) is 13.2 Å². The van der Waals surface area contributed by atoms with Crippen molar-refractivity contribution in [1.82, 2.24) is 9.62 Å². The van der Waals surface area contributed by atoms with Crippen LogP contribution in [0.2, 0.25) is 5.02 Å². The second-order valence-electron chi connectivity index (χ2n) is 6.24. The van der Waals surface area contributed by atoms with E-state index in [2.05, 4.69) is 12.2 Å². The van der Waals surface area contributed by atoms with Crippen molar-refractivity contribution in [2.45, 2.75) is 30.7 Å². The average molecular weight is 375 g/mol. The van der Waals surface area contributed by atoms with Gasteiger partial charge in [0.05, 0.1) is 35.1 Å². The van der Waals surface area contributed by atoms with Gasteiger partial charge in [-0.3, -0.25) is 4.79 Å². The van der Waals surface area contributed by atoms with Gasteiger partial charge in [0.25, 0.3) is 5.91 Å². The highest BCUT2D eigenvalue weighted by molar-refractivity contribution is 7.89. The molecule has 2 rings (SSSR count). The Balaban J connectivity index is 2.14. The standard InChI is InChI=1S/C16H24ClN3O3S/c1-4-20-9-5-6-12(20)11-18-16(21)14-10-13(7-8-15(14)17)24(22,23)19(2)3/h7-8,10,12H,4-6,9,11H2,1-3H3,(H,18,21)/p+1/t12-/m1/s1. The van der Waals surface area contributed by atoms with E-state index in [0.29, 0.717) is 12.6 Å². The van der Waals surface area contributed by atoms with Crippen LogP contribution in [0, 0.1) is 0 Å². The molecule has 0 spiro atoms. The fourth-order valence-electron chi connectivity index (χ4n) is 3.06. The van der Waals surface area contributed by atoms with Gasteiger partial charge in [0.2, 0.25) is 10.0 Å². The molecule has 0 aliphatic carbocycles. The fraction of sp³-hybridized carbons (Fsp3) is 0.562. The molecule has 2 atom stereocenters. The molecule has 0 saturated carbocycles. The van der Waals surface area contributed by atoms with Crippen molar-refractivity contribution < 1.29 is 18.1 Å². The normalized spacial score (nSPS) is 21.2. The van der Waals surface area contributed by atoms with Crippen LogP contribution in [0.4, 0.5) is 0 Å². The molecule has 1 fully saturated rings. The first-order valence-corrected chi connectivity index (χ1v) is 9.94. The first-order chi connectivity index (χ1) is 11.3. The molecule has 1 aliphatic heterocycles. The van der Waals surface area contributed by atoms with Crippen molar-refractivity contribution in [2.24, 2.45) is 0 Å². The van der Waals surface area contributed by atoms with Crippen molar-refractivity contribution in [3.05, 3.63) is 28.8 Å². The molecule has 1 unspecified atom stereocenters. The highest BCUT2D eigenvalue weighted by Crippen LogP contribution is 2.22. The molecule has 8 heteroatoms. The molecule has 0 radical (unpaired) electrons. The second-order valence-corrected chi connectivity index (χ2v) is 8.80. The van der Waals surface area contributed by atoms with Crippen molar-refractivity contribution in [1.29, 1.82) is 0 Å². The predicted molar refractivity (Wildman–Crippen MR) is 94.1 cm³/mol. The number of nitrogens with zero attached hydrogens (tertiary/aromatic N) is 1. The quantitative estimate of drug-likeness (QED) is 0.756. The molecule has 6 nitrogen and oxygen atoms in total. The van der Waals surface area contributed by atoms with E-state index in [1.165, 1.54) is 43.6 Å². The van der Waals surface area contributed by atoms with Gasteiger partial charge >= 0.3 is 0 Å². The molecule has 1 aromatic carbocycles. The lowest BCUT2D eigenvalue weighted by Crippen LogP contribution is -3.14. The topological polar surface area (TPSA) is 70.9 Å². The first-order valence-electron chi connectivity index (χ1n) is 8.12. The Bertz CT molecular complexity index is 707. The fourth-order valence-corrected chi connectivity index (χ4v) is 4.19. The van der Waals surface area contributed by atoms with Crippen molar-refractivity contribution in [3.63, 3.8) is 0 Å². The molecule has 1 saturated heterocycles. The van der Waals surface area contributed by atoms with Gasteiger partial charge in [-0.2, -0.15) is 0 Å². The van der Waals surface area contributed by atoms with E-state index in [4.69, 9.17) is 11.6 Å². The summed E-state index contributed by atoms with van der Waals surface area (Å²) in [5, 5.41) is 3.15. The third kappa shape index (κ3) is 4.08. The van der Waals surface area contributed by atoms with E-state index in [1.807, 2.05) is 0 Å². The number of amides is 1. The van der Waals surface area contributed by atoms with E-state index in [0.717, 1.165) is 23.8 Å². The summed E-state index contributed by atoms with van der Waals surface area (Å²) in [6, 6.07) is 4.61. The highest BCUT2D eigenvalue weighted by atomic mass is 35.5. The van der Waals surface area contributed by atoms with Crippen LogP contribution >= 0.6 is 11.6 Å². The molecule has 2 N–H and O–H groups in total. The number of likely N-dealkylation sites (N-methyl/N-ethyl adjacent to an activating group) is 1. The molecule has 1 aliphatic rings. The van der Waals surface area contributed by atoms with Crippen LogP contribution in [-0.4, -0.2) is 58.4 Å². The van der Waals surface area contributed by atoms with Crippen LogP contribution < -0.4 is 10.2 Å². The molecular formula is C16H25ClN3O3S+. The maximum Gasteiger partial charge on any atom is 0.253 e. The number of nitrogens with one attached hydrogen (secondary N) is 2. The lowest BCUT2D eigenvalue weighted by molar-refractivity contribution is -0.909. The summed E-state index contributed by atoms with van der Waals surface area (Å²) in [4.78, 5) is 14.0. The van der Waals surface area contributed by atoms with Crippen molar-refractivity contribution in [3.8, 4) is 0 Å². The van der Waals surface area contributed by atoms with Gasteiger partial charge in [-0.05, 0) is 25.1 Å². The maximum atomic E-state index is 12.5. The number of quaternary nitrogens is 1. The number of halogens is 1. The molecule has 1 amide bonds. The molecule has 0 bridgehead atoms. The summed E-state index contributed by atoms with van der Waals surface area (Å²) in [5.41, 5.74) is 0.190. The number of carbonyl (C=O) groups excluding carboxylic acids is 1. The van der Waals surface area contributed by atoms with Gasteiger partial charge in [0, 0.05) is 26.9 Å². The minimum absolute atomic E-state index is 0.0590. The van der Waals surface area contributed by atoms with Crippen LogP contribution in [-0.2, 0) is 10.0 Å². The summed E-state index contributed by atoms with van der Waals surface area (Å²) in [6.45, 7) is 4.89. The number of benzene rings is 1. The average Bonchev–Trinajstić information content (AvgIpc) is 3.00. The number of hydrogen-bond donors (Lipinski definition) is 2. The summed E-state index contributed by atoms with van der Waals surface area (Å²) in [7, 11) is -0.702. The van der Waals surface area contributed by atoms with Crippen LogP contribution in [0.1, 0.15) is 30.1 Å². The molecule has 134 valence electrons. The minimum Gasteiger partial charge on any atom is -0.346 e. The van der Waals surface area contributed by atoms with E-state index in [1.54, 1.807) is 0 Å². The Morgan fingerprint density at radius 2 is 2.12 bits per heavy atom. The van der Waals surface area contributed by atoms with Gasteiger partial charge in [-0.15, -0.1) is 0 Å². The van der Waals surface area contributed by atoms with Crippen LogP contribution in [0.5, 0.6) is 0 Å². The Hall–Kier alpha value is -1.15. The van der Waals surface area contributed by atoms with Crippen LogP contribution in [0.15, 0.2) is 23.1 Å². The SMILES string of the molecule is CC[NH+]1CCC[C@@H]1CNC(=O)c1cc(S(=O)(=O)N(C)C)ccc1Cl. The number of hydrogen-bond acceptors (Lipinski definition) is 3. The zero-order chi connectivity index (χ0) is 17.9. The largest absolute Gasteiger partial charge is 0.346 e. The lowest BCUT2D eigenvalue weighted by Gasteiger charge is -2.20. The Morgan fingerprint density at radius 3 is 2.75 bits per heavy atom. The number of likely N-dealkylation sites (tertiary alicyclic amines) is 1. The van der Waals surface area contributed by atoms with Crippen molar-refractivity contribution >= 4 is 27.5 Å². The lowest BCUT2D eigenvalue weighted by atomic mass is 10.2. The maximum absolute atomic E-state index is 12.5. The summed E-state index contributed by atoms with van der Waals surface area (Å²) in [5.74, 6) is -0.335. The number of sulfonamides is 1. The van der Waals surface area contributed by atoms with Gasteiger partial charge in [-0.1, -0.05) is 11.6 Å². The smallest absolute Gasteiger partial charge is 0.253 e. The highest BCUT2D eigenvalue weighted by Gasteiger charge is 2.28. The molecular weight excluding hydrogens is 350 g/mol. The third-order valence-corrected chi connectivity index (χ3v) is 6.69. The first kappa shape index (κ1) is 19.2. The third-order valence-electron chi connectivity index (χ3n) is 4.55. The number of rotatable bonds is 6. The summed E-state index contributed by atoms with van der Waals surface area (Å²) >= 11 is 6.10. The van der Waals surface area contributed by atoms with Gasteiger partial charge in [-0.25, -0.2) is 12.7 Å². The monoisotopic (exact) mass is 374 g/mol. The predicted octanol–water partition coefficient (Wildman–Crippen LogP) is 0.387. The van der Waals surface area contributed by atoms with Gasteiger partial charge in [0.1, 0.15) is 6.04 Å². The Kier molecular flexibility index (Phi) is 6.25. The molecule has 24 heavy (non-hydrogen) atoms. The van der Waals surface area contributed by atoms with E-state index < -0.39 is 10.0 Å². The number of carbonyl (C=O) groups is 1. The summed E-state index contributed by atoms with van der Waals surface area (Å²) < 4.78 is 25.5.